The first-order valence-corrected chi connectivity index (χ1v) is 5.94. The first-order chi connectivity index (χ1) is 8.19. The van der Waals surface area contributed by atoms with Gasteiger partial charge in [0.1, 0.15) is 0 Å². The van der Waals surface area contributed by atoms with E-state index >= 15 is 0 Å². The molecule has 1 saturated heterocycles. The molecule has 1 heterocycles. The number of halogens is 3. The predicted molar refractivity (Wildman–Crippen MR) is 64.2 cm³/mol. The molecule has 1 aliphatic heterocycles. The molecule has 0 amide bonds. The van der Waals surface area contributed by atoms with Crippen LogP contribution in [0.3, 0.4) is 0 Å². The van der Waals surface area contributed by atoms with E-state index in [1.807, 2.05) is 0 Å². The molecule has 0 radical (unpaired) electrons. The molecular formula is C10H17F3N2O2S. The van der Waals surface area contributed by atoms with Crippen molar-refractivity contribution in [1.82, 2.24) is 10.2 Å². The van der Waals surface area contributed by atoms with Gasteiger partial charge >= 0.3 is 6.18 Å². The topological polar surface area (TPSA) is 44.7 Å². The Labute approximate surface area is 109 Å². The van der Waals surface area contributed by atoms with Gasteiger partial charge in [0, 0.05) is 14.1 Å². The van der Waals surface area contributed by atoms with Gasteiger partial charge in [-0.2, -0.15) is 13.2 Å². The predicted octanol–water partition coefficient (Wildman–Crippen LogP) is 0.893. The van der Waals surface area contributed by atoms with E-state index in [9.17, 15) is 18.3 Å². The van der Waals surface area contributed by atoms with Gasteiger partial charge in [-0.25, -0.2) is 0 Å². The van der Waals surface area contributed by atoms with Crippen LogP contribution in [-0.4, -0.2) is 60.2 Å². The molecule has 4 nitrogen and oxygen atoms in total. The monoisotopic (exact) mass is 286 g/mol. The summed E-state index contributed by atoms with van der Waals surface area (Å²) in [6.07, 6.45) is -7.59. The molecule has 3 atom stereocenters. The van der Waals surface area contributed by atoms with Crippen LogP contribution in [0.4, 0.5) is 13.2 Å². The average molecular weight is 286 g/mol. The number of aliphatic hydroxyl groups is 1. The molecule has 1 unspecified atom stereocenters. The molecule has 8 heteroatoms. The smallest absolute Gasteiger partial charge is 0.390 e. The van der Waals surface area contributed by atoms with Gasteiger partial charge in [0.25, 0.3) is 0 Å². The van der Waals surface area contributed by atoms with Gasteiger partial charge in [-0.1, -0.05) is 0 Å². The molecule has 0 aromatic carbocycles. The van der Waals surface area contributed by atoms with Gasteiger partial charge < -0.3 is 20.1 Å². The minimum atomic E-state index is -4.33. The van der Waals surface area contributed by atoms with E-state index in [0.717, 1.165) is 0 Å². The molecule has 1 fully saturated rings. The van der Waals surface area contributed by atoms with Crippen LogP contribution >= 0.6 is 12.2 Å². The second kappa shape index (κ2) is 6.03. The maximum atomic E-state index is 12.2. The van der Waals surface area contributed by atoms with E-state index in [1.54, 1.807) is 19.0 Å². The number of hydrogen-bond donors (Lipinski definition) is 2. The molecule has 106 valence electrons. The fraction of sp³-hybridized carbons (Fsp3) is 0.900. The van der Waals surface area contributed by atoms with Gasteiger partial charge in [0.05, 0.1) is 31.3 Å². The van der Waals surface area contributed by atoms with Crippen LogP contribution in [0.2, 0.25) is 0 Å². The number of nitrogens with zero attached hydrogens (tertiary/aromatic N) is 1. The van der Waals surface area contributed by atoms with Crippen LogP contribution in [0.25, 0.3) is 0 Å². The Morgan fingerprint density at radius 3 is 2.56 bits per heavy atom. The quantitative estimate of drug-likeness (QED) is 0.738. The van der Waals surface area contributed by atoms with Gasteiger partial charge in [0.15, 0.2) is 5.11 Å². The largest absolute Gasteiger partial charge is 0.391 e. The third-order valence-electron chi connectivity index (χ3n) is 2.63. The van der Waals surface area contributed by atoms with Crippen molar-refractivity contribution in [3.63, 3.8) is 0 Å². The lowest BCUT2D eigenvalue weighted by atomic mass is 9.99. The zero-order valence-corrected chi connectivity index (χ0v) is 11.0. The molecule has 0 aromatic rings. The number of nitrogens with one attached hydrogen (secondary N) is 1. The minimum absolute atomic E-state index is 0.103. The van der Waals surface area contributed by atoms with E-state index in [2.05, 4.69) is 5.32 Å². The zero-order valence-electron chi connectivity index (χ0n) is 10.2. The molecular weight excluding hydrogens is 269 g/mol. The lowest BCUT2D eigenvalue weighted by molar-refractivity contribution is -0.186. The number of thiocarbonyl (C=S) groups is 1. The third kappa shape index (κ3) is 4.95. The molecule has 0 aromatic heterocycles. The lowest BCUT2D eigenvalue weighted by Gasteiger charge is -2.35. The second-order valence-corrected chi connectivity index (χ2v) is 4.92. The van der Waals surface area contributed by atoms with Crippen LogP contribution in [0, 0.1) is 0 Å². The highest BCUT2D eigenvalue weighted by Gasteiger charge is 2.39. The molecule has 1 rings (SSSR count). The normalized spacial score (nSPS) is 28.9. The standard InChI is InChI=1S/C10H17F3N2O2S/c1-15(2)9(18)14-6-3-7(16)8(17-5-6)4-10(11,12)13/h6-8,16H,3-5H2,1-2H3,(H,14,18)/t6-,7+,8?/m1/s1. The molecule has 0 bridgehead atoms. The summed E-state index contributed by atoms with van der Waals surface area (Å²) in [4.78, 5) is 1.67. The Morgan fingerprint density at radius 1 is 1.50 bits per heavy atom. The first-order valence-electron chi connectivity index (χ1n) is 5.53. The van der Waals surface area contributed by atoms with Crippen molar-refractivity contribution in [2.24, 2.45) is 0 Å². The third-order valence-corrected chi connectivity index (χ3v) is 3.12. The molecule has 1 aliphatic rings. The Balaban J connectivity index is 2.43. The SMILES string of the molecule is CN(C)C(=S)N[C@H]1COC(CC(F)(F)F)[C@@H](O)C1. The first kappa shape index (κ1) is 15.5. The summed E-state index contributed by atoms with van der Waals surface area (Å²) in [7, 11) is 3.50. The molecule has 2 N–H and O–H groups in total. The Kier molecular flexibility index (Phi) is 5.18. The van der Waals surface area contributed by atoms with Gasteiger partial charge in [0.2, 0.25) is 0 Å². The van der Waals surface area contributed by atoms with Crippen LogP contribution in [-0.2, 0) is 4.74 Å². The van der Waals surface area contributed by atoms with E-state index in [4.69, 9.17) is 17.0 Å². The molecule has 0 spiro atoms. The molecule has 0 aliphatic carbocycles. The Hall–Kier alpha value is -0.600. The fourth-order valence-corrected chi connectivity index (χ4v) is 1.86. The van der Waals surface area contributed by atoms with Crippen molar-refractivity contribution < 1.29 is 23.0 Å². The van der Waals surface area contributed by atoms with Gasteiger partial charge in [-0.05, 0) is 18.6 Å². The van der Waals surface area contributed by atoms with Crippen molar-refractivity contribution in [2.45, 2.75) is 37.3 Å². The summed E-state index contributed by atoms with van der Waals surface area (Å²) in [5.74, 6) is 0. The van der Waals surface area contributed by atoms with E-state index < -0.39 is 24.8 Å². The van der Waals surface area contributed by atoms with E-state index in [0.29, 0.717) is 5.11 Å². The number of hydrogen-bond acceptors (Lipinski definition) is 3. The second-order valence-electron chi connectivity index (χ2n) is 4.53. The van der Waals surface area contributed by atoms with E-state index in [-0.39, 0.29) is 19.1 Å². The van der Waals surface area contributed by atoms with Crippen LogP contribution in [0.15, 0.2) is 0 Å². The van der Waals surface area contributed by atoms with Crippen molar-refractivity contribution in [3.8, 4) is 0 Å². The van der Waals surface area contributed by atoms with Crippen LogP contribution in [0.1, 0.15) is 12.8 Å². The number of alkyl halides is 3. The van der Waals surface area contributed by atoms with Crippen LogP contribution < -0.4 is 5.32 Å². The highest BCUT2D eigenvalue weighted by atomic mass is 32.1. The molecule has 0 saturated carbocycles. The average Bonchev–Trinajstić information content (AvgIpc) is 2.20. The van der Waals surface area contributed by atoms with Gasteiger partial charge in [-0.15, -0.1) is 0 Å². The summed E-state index contributed by atoms with van der Waals surface area (Å²) in [5, 5.41) is 13.0. The summed E-state index contributed by atoms with van der Waals surface area (Å²) in [6.45, 7) is 0.103. The van der Waals surface area contributed by atoms with Crippen molar-refractivity contribution in [2.75, 3.05) is 20.7 Å². The maximum Gasteiger partial charge on any atom is 0.391 e. The lowest BCUT2D eigenvalue weighted by Crippen LogP contribution is -2.51. The highest BCUT2D eigenvalue weighted by molar-refractivity contribution is 7.80. The number of ether oxygens (including phenoxy) is 1. The maximum absolute atomic E-state index is 12.2. The fourth-order valence-electron chi connectivity index (χ4n) is 1.69. The summed E-state index contributed by atoms with van der Waals surface area (Å²) >= 11 is 5.01. The minimum Gasteiger partial charge on any atom is -0.390 e. The number of rotatable bonds is 2. The molecule has 18 heavy (non-hydrogen) atoms. The summed E-state index contributed by atoms with van der Waals surface area (Å²) in [5.41, 5.74) is 0. The van der Waals surface area contributed by atoms with Crippen molar-refractivity contribution in [3.05, 3.63) is 0 Å². The number of aliphatic hydroxyl groups excluding tert-OH is 1. The van der Waals surface area contributed by atoms with Gasteiger partial charge in [-0.3, -0.25) is 0 Å². The summed E-state index contributed by atoms with van der Waals surface area (Å²) in [6, 6.07) is -0.264. The van der Waals surface area contributed by atoms with Crippen LogP contribution in [0.5, 0.6) is 0 Å². The Morgan fingerprint density at radius 2 is 2.11 bits per heavy atom. The zero-order chi connectivity index (χ0) is 13.9. The van der Waals surface area contributed by atoms with Crippen molar-refractivity contribution >= 4 is 17.3 Å². The van der Waals surface area contributed by atoms with Crippen molar-refractivity contribution in [1.29, 1.82) is 0 Å². The highest BCUT2D eigenvalue weighted by Crippen LogP contribution is 2.27. The van der Waals surface area contributed by atoms with E-state index in [1.165, 1.54) is 0 Å². The Bertz CT molecular complexity index is 299. The summed E-state index contributed by atoms with van der Waals surface area (Å²) < 4.78 is 41.6.